The third kappa shape index (κ3) is 2.00. The van der Waals surface area contributed by atoms with E-state index in [0.717, 1.165) is 0 Å². The Labute approximate surface area is 90.1 Å². The molecule has 1 fully saturated rings. The van der Waals surface area contributed by atoms with E-state index in [1.807, 2.05) is 0 Å². The fraction of sp³-hybridized carbons (Fsp3) is 0.600. The van der Waals surface area contributed by atoms with Crippen molar-refractivity contribution < 1.29 is 8.42 Å². The molecule has 3 atom stereocenters. The van der Waals surface area contributed by atoms with Crippen LogP contribution in [-0.4, -0.2) is 43.6 Å². The summed E-state index contributed by atoms with van der Waals surface area (Å²) in [7, 11) is -3.23. The summed E-state index contributed by atoms with van der Waals surface area (Å²) in [6, 6.07) is -0.448. The van der Waals surface area contributed by atoms with Crippen LogP contribution in [0.1, 0.15) is 6.42 Å². The fourth-order valence-corrected chi connectivity index (χ4v) is 3.26. The lowest BCUT2D eigenvalue weighted by atomic mass is 10.1. The van der Waals surface area contributed by atoms with Gasteiger partial charge in [0.15, 0.2) is 0 Å². The van der Waals surface area contributed by atoms with Crippen LogP contribution in [-0.2, 0) is 10.0 Å². The number of sulfonamides is 1. The van der Waals surface area contributed by atoms with Crippen LogP contribution in [0, 0.1) is 24.2 Å². The minimum Gasteiger partial charge on any atom is -0.300 e. The highest BCUT2D eigenvalue weighted by atomic mass is 32.2. The first-order chi connectivity index (χ1) is 7.13. The summed E-state index contributed by atoms with van der Waals surface area (Å²) in [6.07, 6.45) is 5.70. The predicted molar refractivity (Wildman–Crippen MR) is 57.3 cm³/mol. The number of terminal acetylenes is 1. The number of nitrogens with zero attached hydrogens (tertiary/aromatic N) is 1. The molecule has 2 aliphatic heterocycles. The van der Waals surface area contributed by atoms with E-state index in [0.29, 0.717) is 19.5 Å². The van der Waals surface area contributed by atoms with E-state index in [2.05, 4.69) is 23.1 Å². The van der Waals surface area contributed by atoms with Crippen molar-refractivity contribution in [1.82, 2.24) is 9.62 Å². The van der Waals surface area contributed by atoms with Gasteiger partial charge in [-0.05, 0) is 0 Å². The van der Waals surface area contributed by atoms with Crippen molar-refractivity contribution in [1.29, 1.82) is 0 Å². The molecule has 80 valence electrons. The minimum atomic E-state index is -3.23. The topological polar surface area (TPSA) is 49.4 Å². The number of hydrogen-bond donors (Lipinski definition) is 1. The van der Waals surface area contributed by atoms with Crippen LogP contribution in [0.2, 0.25) is 0 Å². The summed E-state index contributed by atoms with van der Waals surface area (Å²) < 4.78 is 25.1. The van der Waals surface area contributed by atoms with Crippen molar-refractivity contribution in [2.75, 3.05) is 18.8 Å². The molecule has 15 heavy (non-hydrogen) atoms. The number of rotatable bonds is 0. The summed E-state index contributed by atoms with van der Waals surface area (Å²) in [6.45, 7) is 0.847. The molecule has 1 N–H and O–H groups in total. The third-order valence-electron chi connectivity index (χ3n) is 2.58. The molecule has 0 radical (unpaired) electrons. The molecule has 2 aliphatic rings. The van der Waals surface area contributed by atoms with Gasteiger partial charge in [0, 0.05) is 19.5 Å². The molecular formula is C10H12N2O2S. The van der Waals surface area contributed by atoms with Crippen LogP contribution in [0.4, 0.5) is 0 Å². The van der Waals surface area contributed by atoms with Crippen molar-refractivity contribution >= 4 is 10.0 Å². The second-order valence-corrected chi connectivity index (χ2v) is 5.64. The first-order valence-electron chi connectivity index (χ1n) is 4.81. The molecule has 0 spiro atoms. The number of hydrogen-bond acceptors (Lipinski definition) is 3. The zero-order valence-electron chi connectivity index (χ0n) is 8.23. The standard InChI is InChI=1S/C10H12N2O2S/c1-2-10-7-11-9-5-3-4-6-15(13,14)12(10)8-9/h1,9-11H,4,6-8H2. The SMILES string of the molecule is C#CC1CNC2C#CCCS(=O)(=O)N1C2. The van der Waals surface area contributed by atoms with Crippen molar-refractivity contribution in [2.24, 2.45) is 0 Å². The van der Waals surface area contributed by atoms with E-state index in [1.165, 1.54) is 4.31 Å². The molecule has 0 aromatic rings. The van der Waals surface area contributed by atoms with E-state index in [4.69, 9.17) is 6.42 Å². The molecule has 5 heteroatoms. The molecule has 0 aromatic heterocycles. The smallest absolute Gasteiger partial charge is 0.216 e. The highest BCUT2D eigenvalue weighted by Crippen LogP contribution is 2.14. The summed E-state index contributed by atoms with van der Waals surface area (Å²) >= 11 is 0. The van der Waals surface area contributed by atoms with Crippen molar-refractivity contribution in [3.05, 3.63) is 0 Å². The highest BCUT2D eigenvalue weighted by molar-refractivity contribution is 7.89. The molecule has 0 saturated carbocycles. The maximum absolute atomic E-state index is 11.9. The summed E-state index contributed by atoms with van der Waals surface area (Å²) in [4.78, 5) is 0. The van der Waals surface area contributed by atoms with E-state index in [9.17, 15) is 8.42 Å². The third-order valence-corrected chi connectivity index (χ3v) is 4.42. The number of fused-ring (bicyclic) bond motifs is 2. The van der Waals surface area contributed by atoms with Crippen LogP contribution >= 0.6 is 0 Å². The van der Waals surface area contributed by atoms with Crippen LogP contribution in [0.25, 0.3) is 0 Å². The van der Waals surface area contributed by atoms with E-state index in [1.54, 1.807) is 0 Å². The monoisotopic (exact) mass is 224 g/mol. The Kier molecular flexibility index (Phi) is 2.70. The Balaban J connectivity index is 2.36. The lowest BCUT2D eigenvalue weighted by Crippen LogP contribution is -2.58. The van der Waals surface area contributed by atoms with Gasteiger partial charge < -0.3 is 0 Å². The quantitative estimate of drug-likeness (QED) is 0.537. The van der Waals surface area contributed by atoms with Gasteiger partial charge in [0.1, 0.15) is 0 Å². The molecule has 3 unspecified atom stereocenters. The number of piperazine rings is 1. The lowest BCUT2D eigenvalue weighted by Gasteiger charge is -2.35. The molecule has 2 heterocycles. The summed E-state index contributed by atoms with van der Waals surface area (Å²) in [5.74, 6) is 8.43. The van der Waals surface area contributed by atoms with Crippen LogP contribution < -0.4 is 5.32 Å². The zero-order valence-corrected chi connectivity index (χ0v) is 9.05. The zero-order chi connectivity index (χ0) is 10.9. The van der Waals surface area contributed by atoms with Gasteiger partial charge in [0.25, 0.3) is 0 Å². The summed E-state index contributed by atoms with van der Waals surface area (Å²) in [5.41, 5.74) is 0. The molecule has 1 saturated heterocycles. The second kappa shape index (κ2) is 3.86. The molecular weight excluding hydrogens is 212 g/mol. The lowest BCUT2D eigenvalue weighted by molar-refractivity contribution is 0.287. The largest absolute Gasteiger partial charge is 0.300 e. The second-order valence-electron chi connectivity index (χ2n) is 3.60. The Morgan fingerprint density at radius 2 is 2.33 bits per heavy atom. The van der Waals surface area contributed by atoms with Crippen molar-refractivity contribution in [3.63, 3.8) is 0 Å². The Bertz CT molecular complexity index is 452. The van der Waals surface area contributed by atoms with Gasteiger partial charge in [0.2, 0.25) is 10.0 Å². The first-order valence-corrected chi connectivity index (χ1v) is 6.42. The molecule has 0 aromatic carbocycles. The molecule has 2 bridgehead atoms. The van der Waals surface area contributed by atoms with Gasteiger partial charge in [-0.15, -0.1) is 12.3 Å². The van der Waals surface area contributed by atoms with Gasteiger partial charge in [-0.25, -0.2) is 8.42 Å². The van der Waals surface area contributed by atoms with Gasteiger partial charge in [-0.1, -0.05) is 11.8 Å². The predicted octanol–water partition coefficient (Wildman–Crippen LogP) is -1.00. The molecule has 2 rings (SSSR count). The van der Waals surface area contributed by atoms with Gasteiger partial charge >= 0.3 is 0 Å². The van der Waals surface area contributed by atoms with Gasteiger partial charge in [-0.3, -0.25) is 5.32 Å². The maximum Gasteiger partial charge on any atom is 0.216 e. The highest BCUT2D eigenvalue weighted by Gasteiger charge is 2.34. The normalized spacial score (nSPS) is 37.7. The molecule has 0 aliphatic carbocycles. The van der Waals surface area contributed by atoms with Gasteiger partial charge in [-0.2, -0.15) is 4.31 Å². The van der Waals surface area contributed by atoms with E-state index >= 15 is 0 Å². The minimum absolute atomic E-state index is 0.0743. The fourth-order valence-electron chi connectivity index (χ4n) is 1.77. The molecule has 4 nitrogen and oxygen atoms in total. The van der Waals surface area contributed by atoms with E-state index in [-0.39, 0.29) is 17.8 Å². The van der Waals surface area contributed by atoms with E-state index < -0.39 is 10.0 Å². The molecule has 0 amide bonds. The average molecular weight is 224 g/mol. The van der Waals surface area contributed by atoms with Crippen LogP contribution in [0.15, 0.2) is 0 Å². The van der Waals surface area contributed by atoms with Crippen molar-refractivity contribution in [2.45, 2.75) is 18.5 Å². The Morgan fingerprint density at radius 3 is 3.07 bits per heavy atom. The Hall–Kier alpha value is -1.01. The van der Waals surface area contributed by atoms with Crippen LogP contribution in [0.3, 0.4) is 0 Å². The first kappa shape index (κ1) is 10.5. The summed E-state index contributed by atoms with van der Waals surface area (Å²) in [5, 5.41) is 3.13. The van der Waals surface area contributed by atoms with Gasteiger partial charge in [0.05, 0.1) is 17.8 Å². The van der Waals surface area contributed by atoms with Crippen LogP contribution in [0.5, 0.6) is 0 Å². The maximum atomic E-state index is 11.9. The number of nitrogens with one attached hydrogen (secondary N) is 1. The van der Waals surface area contributed by atoms with Crippen molar-refractivity contribution in [3.8, 4) is 24.2 Å². The Morgan fingerprint density at radius 1 is 1.53 bits per heavy atom. The average Bonchev–Trinajstić information content (AvgIpc) is 2.23.